The Morgan fingerprint density at radius 1 is 1.36 bits per heavy atom. The van der Waals surface area contributed by atoms with Gasteiger partial charge >= 0.3 is 5.97 Å². The molecule has 0 bridgehead atoms. The summed E-state index contributed by atoms with van der Waals surface area (Å²) in [6.07, 6.45) is 1.26. The van der Waals surface area contributed by atoms with E-state index in [-0.39, 0.29) is 36.8 Å². The molecule has 0 aromatic rings. The van der Waals surface area contributed by atoms with Crippen LogP contribution in [0.15, 0.2) is 11.6 Å². The zero-order valence-corrected chi connectivity index (χ0v) is 9.78. The minimum atomic E-state index is -3.98. The lowest BCUT2D eigenvalue weighted by Gasteiger charge is -1.93. The largest absolute Gasteiger partial charge is 0.478 e. The van der Waals surface area contributed by atoms with Gasteiger partial charge in [0, 0.05) is 5.57 Å². The summed E-state index contributed by atoms with van der Waals surface area (Å²) in [6.45, 7) is 1.35. The molecule has 0 heterocycles. The Morgan fingerprint density at radius 3 is 2.07 bits per heavy atom. The fourth-order valence-electron chi connectivity index (χ4n) is 0.512. The van der Waals surface area contributed by atoms with Crippen molar-refractivity contribution >= 4 is 40.9 Å². The van der Waals surface area contributed by atoms with Crippen molar-refractivity contribution in [2.45, 2.75) is 13.3 Å². The van der Waals surface area contributed by atoms with Crippen LogP contribution in [0.4, 0.5) is 0 Å². The van der Waals surface area contributed by atoms with E-state index in [1.807, 2.05) is 0 Å². The second-order valence-corrected chi connectivity index (χ2v) is 3.84. The number of aliphatic carboxylic acids is 1. The van der Waals surface area contributed by atoms with Crippen LogP contribution in [0.25, 0.3) is 0 Å². The number of hydrogen-bond acceptors (Lipinski definition) is 3. The fourth-order valence-corrected chi connectivity index (χ4v) is 0.927. The second kappa shape index (κ2) is 8.05. The van der Waals surface area contributed by atoms with Crippen molar-refractivity contribution in [2.24, 2.45) is 0 Å². The topological polar surface area (TPSA) is 91.7 Å². The summed E-state index contributed by atoms with van der Waals surface area (Å²) in [5.41, 5.74) is 0.0682. The van der Waals surface area contributed by atoms with Gasteiger partial charge in [0.05, 0.1) is 5.75 Å². The van der Waals surface area contributed by atoms with Crippen LogP contribution in [-0.2, 0) is 14.9 Å². The van der Waals surface area contributed by atoms with E-state index in [1.54, 1.807) is 0 Å². The Morgan fingerprint density at radius 2 is 1.79 bits per heavy atom. The third-order valence-corrected chi connectivity index (χ3v) is 1.92. The van der Waals surface area contributed by atoms with Gasteiger partial charge in [0.25, 0.3) is 10.1 Å². The van der Waals surface area contributed by atoms with Crippen LogP contribution in [-0.4, -0.2) is 29.8 Å². The number of carboxylic acids is 1. The van der Waals surface area contributed by atoms with Crippen LogP contribution in [0, 0.1) is 0 Å². The lowest BCUT2D eigenvalue weighted by atomic mass is 10.2. The molecule has 0 saturated heterocycles. The lowest BCUT2D eigenvalue weighted by molar-refractivity contribution is -0.132. The first-order chi connectivity index (χ1) is 5.33. The molecular weight excluding hydrogens is 255 g/mol. The minimum absolute atomic E-state index is 0. The fraction of sp³-hybridized carbons (Fsp3) is 0.500. The van der Waals surface area contributed by atoms with Crippen LogP contribution in [0.2, 0.25) is 0 Å². The molecule has 0 aromatic heterocycles. The van der Waals surface area contributed by atoms with Crippen LogP contribution >= 0.6 is 24.8 Å². The Labute approximate surface area is 94.8 Å². The minimum Gasteiger partial charge on any atom is -0.478 e. The highest BCUT2D eigenvalue weighted by atomic mass is 35.5. The van der Waals surface area contributed by atoms with E-state index < -0.39 is 21.8 Å². The second-order valence-electron chi connectivity index (χ2n) is 2.27. The maximum atomic E-state index is 10.2. The summed E-state index contributed by atoms with van der Waals surface area (Å²) in [5, 5.41) is 8.33. The molecule has 86 valence electrons. The van der Waals surface area contributed by atoms with Gasteiger partial charge in [-0.25, -0.2) is 4.79 Å². The molecule has 0 fully saturated rings. The maximum absolute atomic E-state index is 10.2. The number of hydrogen-bond donors (Lipinski definition) is 2. The van der Waals surface area contributed by atoms with E-state index in [0.29, 0.717) is 0 Å². The quantitative estimate of drug-likeness (QED) is 0.588. The molecule has 14 heavy (non-hydrogen) atoms. The predicted molar refractivity (Wildman–Crippen MR) is 56.9 cm³/mol. The Hall–Kier alpha value is -0.300. The highest BCUT2D eigenvalue weighted by Crippen LogP contribution is 1.97. The molecule has 8 heteroatoms. The predicted octanol–water partition coefficient (Wildman–Crippen LogP) is 1.14. The molecule has 0 spiro atoms. The van der Waals surface area contributed by atoms with Crippen molar-refractivity contribution < 1.29 is 22.9 Å². The summed E-state index contributed by atoms with van der Waals surface area (Å²) < 4.78 is 28.6. The monoisotopic (exact) mass is 266 g/mol. The molecule has 0 atom stereocenters. The van der Waals surface area contributed by atoms with Crippen LogP contribution in [0.5, 0.6) is 0 Å². The first-order valence-electron chi connectivity index (χ1n) is 3.18. The van der Waals surface area contributed by atoms with Crippen molar-refractivity contribution in [2.75, 3.05) is 5.75 Å². The highest BCUT2D eigenvalue weighted by molar-refractivity contribution is 7.85. The van der Waals surface area contributed by atoms with Crippen molar-refractivity contribution in [3.63, 3.8) is 0 Å². The Bertz CT molecular complexity index is 295. The van der Waals surface area contributed by atoms with Gasteiger partial charge in [-0.2, -0.15) is 8.42 Å². The average Bonchev–Trinajstić information content (AvgIpc) is 1.84. The first kappa shape index (κ1) is 19.3. The standard InChI is InChI=1S/C6H10O5S.2ClH/c1-5(6(7)8)3-2-4-12(9,10)11;;/h3H,2,4H2,1H3,(H,7,8)(H,9,10,11);2*1H. The van der Waals surface area contributed by atoms with E-state index in [1.165, 1.54) is 13.0 Å². The smallest absolute Gasteiger partial charge is 0.330 e. The Kier molecular flexibility index (Phi) is 11.1. The molecule has 0 radical (unpaired) electrons. The molecule has 0 saturated carbocycles. The summed E-state index contributed by atoms with van der Waals surface area (Å²) >= 11 is 0. The summed E-state index contributed by atoms with van der Waals surface area (Å²) in [7, 11) is -3.98. The third-order valence-electron chi connectivity index (χ3n) is 1.16. The van der Waals surface area contributed by atoms with Crippen LogP contribution < -0.4 is 0 Å². The Balaban J connectivity index is -0.000000605. The van der Waals surface area contributed by atoms with Crippen molar-refractivity contribution in [3.8, 4) is 0 Å². The molecule has 5 nitrogen and oxygen atoms in total. The molecule has 0 amide bonds. The van der Waals surface area contributed by atoms with Gasteiger partial charge in [-0.05, 0) is 13.3 Å². The van der Waals surface area contributed by atoms with E-state index >= 15 is 0 Å². The van der Waals surface area contributed by atoms with E-state index in [4.69, 9.17) is 9.66 Å². The van der Waals surface area contributed by atoms with Crippen molar-refractivity contribution in [1.29, 1.82) is 0 Å². The molecule has 0 aromatic carbocycles. The van der Waals surface area contributed by atoms with Gasteiger partial charge in [-0.3, -0.25) is 4.55 Å². The third kappa shape index (κ3) is 11.7. The summed E-state index contributed by atoms with van der Waals surface area (Å²) in [4.78, 5) is 10.2. The SMILES string of the molecule is CC(=CCCS(=O)(=O)O)C(=O)O.Cl.Cl. The summed E-state index contributed by atoms with van der Waals surface area (Å²) in [5.74, 6) is -1.54. The van der Waals surface area contributed by atoms with Gasteiger partial charge < -0.3 is 5.11 Å². The zero-order valence-electron chi connectivity index (χ0n) is 7.34. The first-order valence-corrected chi connectivity index (χ1v) is 4.79. The van der Waals surface area contributed by atoms with Gasteiger partial charge in [0.2, 0.25) is 0 Å². The molecule has 0 aliphatic carbocycles. The number of carbonyl (C=O) groups is 1. The molecular formula is C6H12Cl2O5S. The van der Waals surface area contributed by atoms with E-state index in [9.17, 15) is 13.2 Å². The van der Waals surface area contributed by atoms with Crippen molar-refractivity contribution in [1.82, 2.24) is 0 Å². The molecule has 0 rings (SSSR count). The average molecular weight is 267 g/mol. The number of rotatable bonds is 4. The summed E-state index contributed by atoms with van der Waals surface area (Å²) in [6, 6.07) is 0. The zero-order chi connectivity index (χ0) is 9.78. The lowest BCUT2D eigenvalue weighted by Crippen LogP contribution is -2.03. The van der Waals surface area contributed by atoms with Crippen molar-refractivity contribution in [3.05, 3.63) is 11.6 Å². The maximum Gasteiger partial charge on any atom is 0.330 e. The highest BCUT2D eigenvalue weighted by Gasteiger charge is 2.03. The van der Waals surface area contributed by atoms with Gasteiger partial charge in [-0.15, -0.1) is 24.8 Å². The molecule has 0 unspecified atom stereocenters. The molecule has 0 aliphatic heterocycles. The van der Waals surface area contributed by atoms with E-state index in [2.05, 4.69) is 0 Å². The number of halogens is 2. The van der Waals surface area contributed by atoms with Gasteiger partial charge in [0.1, 0.15) is 0 Å². The molecule has 2 N–H and O–H groups in total. The number of carboxylic acid groups (broad SMARTS) is 1. The normalized spacial score (nSPS) is 11.1. The van der Waals surface area contributed by atoms with Crippen LogP contribution in [0.1, 0.15) is 13.3 Å². The van der Waals surface area contributed by atoms with Gasteiger partial charge in [-0.1, -0.05) is 6.08 Å². The number of allylic oxidation sites excluding steroid dienone is 1. The van der Waals surface area contributed by atoms with E-state index in [0.717, 1.165) is 0 Å². The molecule has 0 aliphatic rings. The van der Waals surface area contributed by atoms with Crippen LogP contribution in [0.3, 0.4) is 0 Å². The van der Waals surface area contributed by atoms with Gasteiger partial charge in [0.15, 0.2) is 0 Å².